The molecular formula is C28H23NO5. The number of carbonyl (C=O) groups is 2. The van der Waals surface area contributed by atoms with Crippen molar-refractivity contribution in [1.82, 2.24) is 5.32 Å². The molecule has 0 bridgehead atoms. The van der Waals surface area contributed by atoms with Crippen LogP contribution in [0.5, 0.6) is 0 Å². The molecule has 5 rings (SSSR count). The average molecular weight is 453 g/mol. The van der Waals surface area contributed by atoms with Gasteiger partial charge in [0.25, 0.3) is 0 Å². The van der Waals surface area contributed by atoms with Crippen molar-refractivity contribution in [1.29, 1.82) is 0 Å². The van der Waals surface area contributed by atoms with Crippen LogP contribution in [0.15, 0.2) is 91.0 Å². The molecule has 0 unspecified atom stereocenters. The van der Waals surface area contributed by atoms with Gasteiger partial charge >= 0.3 is 12.1 Å². The van der Waals surface area contributed by atoms with Crippen LogP contribution in [0.2, 0.25) is 0 Å². The van der Waals surface area contributed by atoms with E-state index in [2.05, 4.69) is 5.32 Å². The summed E-state index contributed by atoms with van der Waals surface area (Å²) in [5.41, 5.74) is 4.85. The van der Waals surface area contributed by atoms with Crippen LogP contribution in [0.3, 0.4) is 0 Å². The molecule has 3 N–H and O–H groups in total. The average Bonchev–Trinajstić information content (AvgIpc) is 3.19. The number of alkyl carbamates (subject to hydrolysis) is 1. The summed E-state index contributed by atoms with van der Waals surface area (Å²) in [5.74, 6) is -1.56. The van der Waals surface area contributed by atoms with Gasteiger partial charge in [0, 0.05) is 5.92 Å². The van der Waals surface area contributed by atoms with Gasteiger partial charge in [0.1, 0.15) is 6.61 Å². The predicted molar refractivity (Wildman–Crippen MR) is 129 cm³/mol. The summed E-state index contributed by atoms with van der Waals surface area (Å²) in [4.78, 5) is 24.3. The van der Waals surface area contributed by atoms with Crippen molar-refractivity contribution in [3.05, 3.63) is 108 Å². The summed E-state index contributed by atoms with van der Waals surface area (Å²) in [6.07, 6.45) is -2.62. The molecule has 1 aliphatic carbocycles. The van der Waals surface area contributed by atoms with Crippen molar-refractivity contribution in [3.63, 3.8) is 0 Å². The van der Waals surface area contributed by atoms with Crippen molar-refractivity contribution in [2.45, 2.75) is 18.1 Å². The minimum Gasteiger partial charge on any atom is -0.479 e. The standard InChI is InChI=1S/C28H23NO5/c30-26(27(31)32)25(19-14-13-17-7-1-2-8-18(17)15-19)29-28(33)34-16-24-22-11-5-3-9-20(22)21-10-4-6-12-23(21)24/h1-15,24-26,30H,16H2,(H,29,33)(H,31,32)/t25-,26-/m0/s1. The molecule has 0 saturated carbocycles. The van der Waals surface area contributed by atoms with E-state index in [4.69, 9.17) is 4.74 Å². The van der Waals surface area contributed by atoms with E-state index in [1.807, 2.05) is 78.9 Å². The van der Waals surface area contributed by atoms with Crippen molar-refractivity contribution in [2.75, 3.05) is 6.61 Å². The van der Waals surface area contributed by atoms with E-state index in [1.54, 1.807) is 12.1 Å². The van der Waals surface area contributed by atoms with Gasteiger partial charge < -0.3 is 20.3 Å². The second-order valence-electron chi connectivity index (χ2n) is 8.34. The van der Waals surface area contributed by atoms with E-state index in [9.17, 15) is 19.8 Å². The van der Waals surface area contributed by atoms with Crippen LogP contribution in [0, 0.1) is 0 Å². The quantitative estimate of drug-likeness (QED) is 0.387. The lowest BCUT2D eigenvalue weighted by Gasteiger charge is -2.23. The number of rotatable bonds is 6. The Balaban J connectivity index is 1.36. The van der Waals surface area contributed by atoms with E-state index < -0.39 is 24.2 Å². The molecule has 0 saturated heterocycles. The SMILES string of the molecule is O=C(N[C@@H](c1ccc2ccccc2c1)[C@H](O)C(=O)O)OCC1c2ccccc2-c2ccccc21. The molecule has 1 amide bonds. The first kappa shape index (κ1) is 21.7. The third-order valence-corrected chi connectivity index (χ3v) is 6.32. The van der Waals surface area contributed by atoms with E-state index in [0.717, 1.165) is 33.0 Å². The first-order valence-corrected chi connectivity index (χ1v) is 11.0. The number of hydrogen-bond acceptors (Lipinski definition) is 4. The first-order chi connectivity index (χ1) is 16.5. The molecule has 2 atom stereocenters. The van der Waals surface area contributed by atoms with Crippen molar-refractivity contribution in [2.24, 2.45) is 0 Å². The molecule has 6 nitrogen and oxygen atoms in total. The Morgan fingerprint density at radius 1 is 0.824 bits per heavy atom. The number of amides is 1. The maximum absolute atomic E-state index is 12.8. The van der Waals surface area contributed by atoms with Crippen LogP contribution in [-0.4, -0.2) is 35.0 Å². The second kappa shape index (κ2) is 9.00. The van der Waals surface area contributed by atoms with Gasteiger partial charge in [-0.15, -0.1) is 0 Å². The minimum absolute atomic E-state index is 0.0907. The summed E-state index contributed by atoms with van der Waals surface area (Å²) < 4.78 is 5.55. The lowest BCUT2D eigenvalue weighted by atomic mass is 9.98. The number of aliphatic carboxylic acids is 1. The normalized spacial score (nSPS) is 14.1. The summed E-state index contributed by atoms with van der Waals surface area (Å²) in [6.45, 7) is 0.0907. The Morgan fingerprint density at radius 3 is 2.06 bits per heavy atom. The molecule has 0 spiro atoms. The molecular weight excluding hydrogens is 430 g/mol. The number of carboxylic acids is 1. The maximum Gasteiger partial charge on any atom is 0.407 e. The zero-order valence-corrected chi connectivity index (χ0v) is 18.2. The first-order valence-electron chi connectivity index (χ1n) is 11.0. The van der Waals surface area contributed by atoms with Gasteiger partial charge in [0.05, 0.1) is 6.04 Å². The topological polar surface area (TPSA) is 95.9 Å². The number of aliphatic hydroxyl groups excluding tert-OH is 1. The Morgan fingerprint density at radius 2 is 1.41 bits per heavy atom. The molecule has 6 heteroatoms. The number of carboxylic acid groups (broad SMARTS) is 1. The molecule has 4 aromatic rings. The number of aliphatic hydroxyl groups is 1. The van der Waals surface area contributed by atoms with E-state index in [1.165, 1.54) is 0 Å². The number of carbonyl (C=O) groups excluding carboxylic acids is 1. The monoisotopic (exact) mass is 453 g/mol. The van der Waals surface area contributed by atoms with Gasteiger partial charge in [-0.2, -0.15) is 0 Å². The maximum atomic E-state index is 12.8. The fraction of sp³-hybridized carbons (Fsp3) is 0.143. The Kier molecular flexibility index (Phi) is 5.74. The van der Waals surface area contributed by atoms with Crippen molar-refractivity contribution < 1.29 is 24.5 Å². The summed E-state index contributed by atoms with van der Waals surface area (Å²) in [7, 11) is 0. The molecule has 0 aliphatic heterocycles. The predicted octanol–water partition coefficient (Wildman–Crippen LogP) is 4.87. The second-order valence-corrected chi connectivity index (χ2v) is 8.34. The Bertz CT molecular complexity index is 1340. The zero-order valence-electron chi connectivity index (χ0n) is 18.2. The minimum atomic E-state index is -1.83. The van der Waals surface area contributed by atoms with Crippen molar-refractivity contribution in [3.8, 4) is 11.1 Å². The third-order valence-electron chi connectivity index (χ3n) is 6.32. The zero-order chi connectivity index (χ0) is 23.7. The fourth-order valence-electron chi connectivity index (χ4n) is 4.66. The summed E-state index contributed by atoms with van der Waals surface area (Å²) in [5, 5.41) is 24.1. The number of ether oxygens (including phenoxy) is 1. The number of nitrogens with one attached hydrogen (secondary N) is 1. The van der Waals surface area contributed by atoms with Gasteiger partial charge in [0.15, 0.2) is 6.10 Å². The van der Waals surface area contributed by atoms with Crippen LogP contribution < -0.4 is 5.32 Å². The molecule has 34 heavy (non-hydrogen) atoms. The Labute approximate surface area is 196 Å². The Hall–Kier alpha value is -4.16. The highest BCUT2D eigenvalue weighted by molar-refractivity contribution is 5.84. The van der Waals surface area contributed by atoms with Crippen LogP contribution in [-0.2, 0) is 9.53 Å². The largest absolute Gasteiger partial charge is 0.479 e. The van der Waals surface area contributed by atoms with Gasteiger partial charge in [-0.1, -0.05) is 84.9 Å². The smallest absolute Gasteiger partial charge is 0.407 e. The van der Waals surface area contributed by atoms with Crippen LogP contribution in [0.4, 0.5) is 4.79 Å². The highest BCUT2D eigenvalue weighted by Gasteiger charge is 2.32. The molecule has 0 fully saturated rings. The highest BCUT2D eigenvalue weighted by Crippen LogP contribution is 2.44. The van der Waals surface area contributed by atoms with Gasteiger partial charge in [-0.25, -0.2) is 9.59 Å². The molecule has 0 radical (unpaired) electrons. The summed E-state index contributed by atoms with van der Waals surface area (Å²) >= 11 is 0. The molecule has 170 valence electrons. The van der Waals surface area contributed by atoms with E-state index in [0.29, 0.717) is 5.56 Å². The van der Waals surface area contributed by atoms with Crippen molar-refractivity contribution >= 4 is 22.8 Å². The lowest BCUT2D eigenvalue weighted by Crippen LogP contribution is -2.40. The molecule has 4 aromatic carbocycles. The van der Waals surface area contributed by atoms with Crippen LogP contribution in [0.1, 0.15) is 28.7 Å². The molecule has 0 heterocycles. The fourth-order valence-corrected chi connectivity index (χ4v) is 4.66. The van der Waals surface area contributed by atoms with Crippen LogP contribution in [0.25, 0.3) is 21.9 Å². The summed E-state index contributed by atoms with van der Waals surface area (Å²) in [6, 6.07) is 27.7. The van der Waals surface area contributed by atoms with Crippen LogP contribution >= 0.6 is 0 Å². The number of hydrogen-bond donors (Lipinski definition) is 3. The molecule has 0 aromatic heterocycles. The van der Waals surface area contributed by atoms with E-state index in [-0.39, 0.29) is 12.5 Å². The number of fused-ring (bicyclic) bond motifs is 4. The lowest BCUT2D eigenvalue weighted by molar-refractivity contribution is -0.148. The van der Waals surface area contributed by atoms with Gasteiger partial charge in [0.2, 0.25) is 0 Å². The highest BCUT2D eigenvalue weighted by atomic mass is 16.5. The van der Waals surface area contributed by atoms with Gasteiger partial charge in [-0.05, 0) is 44.7 Å². The van der Waals surface area contributed by atoms with Gasteiger partial charge in [-0.3, -0.25) is 0 Å². The third kappa shape index (κ3) is 4.00. The van der Waals surface area contributed by atoms with E-state index >= 15 is 0 Å². The molecule has 1 aliphatic rings. The number of benzene rings is 4.